The quantitative estimate of drug-likeness (QED) is 0.0681. The fraction of sp³-hybridized carbons (Fsp3) is 0.527. The average Bonchev–Trinajstić information content (AvgIpc) is 3.85. The van der Waals surface area contributed by atoms with Crippen molar-refractivity contribution in [2.24, 2.45) is 17.3 Å². The lowest BCUT2D eigenvalue weighted by Crippen LogP contribution is -2.63. The van der Waals surface area contributed by atoms with E-state index in [2.05, 4.69) is 69.9 Å². The number of aromatic amines is 1. The van der Waals surface area contributed by atoms with Gasteiger partial charge in [-0.3, -0.25) is 19.8 Å². The number of benzene rings is 3. The molecule has 388 valence electrons. The summed E-state index contributed by atoms with van der Waals surface area (Å²) in [7, 11) is -4.63. The topological polar surface area (TPSA) is 205 Å². The van der Waals surface area contributed by atoms with Gasteiger partial charge in [0.05, 0.1) is 65.2 Å². The highest BCUT2D eigenvalue weighted by molar-refractivity contribution is 7.90. The van der Waals surface area contributed by atoms with Gasteiger partial charge in [-0.15, -0.1) is 0 Å². The third kappa shape index (κ3) is 9.42. The molecule has 2 aromatic heterocycles. The molecular formula is C55H68N8O9S. The van der Waals surface area contributed by atoms with Gasteiger partial charge in [0.2, 0.25) is 5.88 Å². The number of nitrogens with one attached hydrogen (secondary N) is 3. The predicted molar refractivity (Wildman–Crippen MR) is 279 cm³/mol. The predicted octanol–water partition coefficient (Wildman–Crippen LogP) is 8.82. The van der Waals surface area contributed by atoms with Crippen molar-refractivity contribution in [3.05, 3.63) is 106 Å². The number of carbonyl (C=O) groups excluding carboxylic acids is 1. The molecule has 1 amide bonds. The molecule has 5 atom stereocenters. The number of aliphatic hydroxyl groups is 1. The number of morpholine rings is 1. The lowest BCUT2D eigenvalue weighted by Gasteiger charge is -2.62. The number of piperidine rings is 1. The van der Waals surface area contributed by atoms with Crippen LogP contribution in [0.15, 0.2) is 83.9 Å². The Hall–Kier alpha value is -5.79. The second-order valence-electron chi connectivity index (χ2n) is 22.1. The minimum absolute atomic E-state index is 0.0981. The average molecular weight is 1020 g/mol. The Labute approximate surface area is 427 Å². The minimum atomic E-state index is -4.63. The fourth-order valence-corrected chi connectivity index (χ4v) is 13.9. The third-order valence-corrected chi connectivity index (χ3v) is 18.7. The number of carbonyl (C=O) groups is 1. The van der Waals surface area contributed by atoms with Crippen molar-refractivity contribution in [2.45, 2.75) is 120 Å². The Morgan fingerprint density at radius 1 is 0.945 bits per heavy atom. The van der Waals surface area contributed by atoms with Crippen LogP contribution in [0.5, 0.6) is 5.88 Å². The maximum atomic E-state index is 14.7. The summed E-state index contributed by atoms with van der Waals surface area (Å²) in [6.45, 7) is 14.0. The number of rotatable bonds is 12. The first kappa shape index (κ1) is 49.4. The molecule has 6 heterocycles. The Morgan fingerprint density at radius 3 is 2.49 bits per heavy atom. The lowest BCUT2D eigenvalue weighted by atomic mass is 9.53. The molecule has 4 N–H and O–H groups in total. The molecule has 5 aromatic rings. The van der Waals surface area contributed by atoms with Gasteiger partial charge in [-0.05, 0) is 129 Å². The number of ether oxygens (including phenoxy) is 3. The summed E-state index contributed by atoms with van der Waals surface area (Å²) >= 11 is 0. The summed E-state index contributed by atoms with van der Waals surface area (Å²) in [6, 6.07) is 22.2. The lowest BCUT2D eigenvalue weighted by molar-refractivity contribution is -0.384. The maximum absolute atomic E-state index is 14.7. The van der Waals surface area contributed by atoms with Gasteiger partial charge in [0.1, 0.15) is 23.1 Å². The molecule has 3 aromatic carbocycles. The van der Waals surface area contributed by atoms with E-state index in [0.29, 0.717) is 86.4 Å². The van der Waals surface area contributed by atoms with Crippen LogP contribution in [0.1, 0.15) is 113 Å². The molecule has 0 radical (unpaired) electrons. The van der Waals surface area contributed by atoms with Crippen LogP contribution in [0.3, 0.4) is 0 Å². The van der Waals surface area contributed by atoms with Crippen LogP contribution in [0.2, 0.25) is 0 Å². The second-order valence-corrected chi connectivity index (χ2v) is 23.8. The first-order valence-electron chi connectivity index (χ1n) is 26.2. The van der Waals surface area contributed by atoms with E-state index in [1.807, 2.05) is 42.3 Å². The van der Waals surface area contributed by atoms with E-state index < -0.39 is 37.0 Å². The molecule has 11 rings (SSSR count). The molecule has 17 nitrogen and oxygen atoms in total. The Bertz CT molecular complexity index is 3000. The van der Waals surface area contributed by atoms with Crippen LogP contribution < -0.4 is 24.6 Å². The number of sulfonamides is 1. The number of nitrogens with zero attached hydrogens (tertiary/aromatic N) is 5. The van der Waals surface area contributed by atoms with Gasteiger partial charge in [0.15, 0.2) is 0 Å². The summed E-state index contributed by atoms with van der Waals surface area (Å²) in [5.41, 5.74) is 4.74. The highest BCUT2D eigenvalue weighted by atomic mass is 32.2. The molecule has 2 saturated carbocycles. The molecule has 6 aliphatic rings. The van der Waals surface area contributed by atoms with Crippen molar-refractivity contribution in [3.63, 3.8) is 0 Å². The Balaban J connectivity index is 0.873. The molecule has 5 fully saturated rings. The van der Waals surface area contributed by atoms with E-state index in [1.54, 1.807) is 6.07 Å². The van der Waals surface area contributed by atoms with Crippen molar-refractivity contribution in [3.8, 4) is 5.88 Å². The monoisotopic (exact) mass is 1020 g/mol. The van der Waals surface area contributed by atoms with Gasteiger partial charge in [-0.25, -0.2) is 13.1 Å². The van der Waals surface area contributed by atoms with E-state index >= 15 is 0 Å². The number of pyridine rings is 1. The number of amides is 1. The van der Waals surface area contributed by atoms with Gasteiger partial charge < -0.3 is 39.4 Å². The van der Waals surface area contributed by atoms with Crippen LogP contribution >= 0.6 is 0 Å². The summed E-state index contributed by atoms with van der Waals surface area (Å²) in [6.07, 6.45) is 7.99. The third-order valence-electron chi connectivity index (χ3n) is 17.4. The molecule has 4 aliphatic heterocycles. The maximum Gasteiger partial charge on any atom is 0.293 e. The van der Waals surface area contributed by atoms with Gasteiger partial charge >= 0.3 is 0 Å². The van der Waals surface area contributed by atoms with E-state index in [4.69, 9.17) is 19.2 Å². The van der Waals surface area contributed by atoms with Gasteiger partial charge in [0, 0.05) is 62.0 Å². The number of aromatic nitrogens is 2. The molecule has 0 bridgehead atoms. The fourth-order valence-electron chi connectivity index (χ4n) is 12.9. The standard InChI is InChI=1S/C55H68N8O9S/c1-34(2)40-7-5-6-8-41(40)48-32-71-26-24-61(48)47-30-55(35(47)3)19-22-60(23-20-55)38-9-11-42(44(28-38)62-46-27-37-15-21-56-51(37)58-53(46)72-50-16-25-70-33-49(50)62)52(64)59-73(68,69)39-10-12-43(45(29-39)63(66)67)57-31-36-13-17-54(4,65)18-14-36/h5-12,15,21,27-29,34-36,47-50,57,65H,13-14,16-20,22-26,30-33H2,1-4H3,(H,56,58)(H,59,64)/t35-,36?,47+,48-,49-,50-,54?/m1/s1. The van der Waals surface area contributed by atoms with Crippen LogP contribution in [-0.2, 0) is 19.5 Å². The largest absolute Gasteiger partial charge is 0.470 e. The molecule has 3 saturated heterocycles. The number of nitro groups is 1. The number of fused-ring (bicyclic) bond motifs is 3. The van der Waals surface area contributed by atoms with Crippen molar-refractivity contribution in [1.82, 2.24) is 19.6 Å². The number of anilines is 4. The van der Waals surface area contributed by atoms with E-state index in [-0.39, 0.29) is 40.8 Å². The summed E-state index contributed by atoms with van der Waals surface area (Å²) in [5, 5.41) is 26.8. The molecule has 18 heteroatoms. The SMILES string of the molecule is CC(C)c1ccccc1[C@H]1COCCN1[C@H]1CC2(CCN(c3ccc(C(=O)NS(=O)(=O)c4ccc(NCC5CCC(C)(O)CC5)c([N+](=O)[O-])c4)c(N4c5cc6cc[nH]c6nc5O[C@@H]5CCOC[C@H]54)c3)CC2)[C@@H]1C. The smallest absolute Gasteiger partial charge is 0.293 e. The van der Waals surface area contributed by atoms with Crippen molar-refractivity contribution < 1.29 is 37.5 Å². The van der Waals surface area contributed by atoms with Gasteiger partial charge in [-0.2, -0.15) is 4.98 Å². The first-order chi connectivity index (χ1) is 35.1. The Morgan fingerprint density at radius 2 is 1.73 bits per heavy atom. The first-order valence-corrected chi connectivity index (χ1v) is 27.7. The van der Waals surface area contributed by atoms with Crippen LogP contribution in [0.25, 0.3) is 11.0 Å². The highest BCUT2D eigenvalue weighted by Crippen LogP contribution is 2.57. The zero-order valence-electron chi connectivity index (χ0n) is 42.2. The van der Waals surface area contributed by atoms with Crippen molar-refractivity contribution in [2.75, 3.05) is 67.7 Å². The van der Waals surface area contributed by atoms with Crippen LogP contribution in [-0.4, -0.2) is 116 Å². The van der Waals surface area contributed by atoms with Crippen LogP contribution in [0.4, 0.5) is 28.4 Å². The van der Waals surface area contributed by atoms with E-state index in [9.17, 15) is 28.4 Å². The zero-order valence-corrected chi connectivity index (χ0v) is 43.0. The Kier molecular flexibility index (Phi) is 13.2. The van der Waals surface area contributed by atoms with Crippen LogP contribution in [0, 0.1) is 27.4 Å². The number of hydrogen-bond acceptors (Lipinski definition) is 14. The van der Waals surface area contributed by atoms with Gasteiger partial charge in [-0.1, -0.05) is 45.0 Å². The molecule has 0 unspecified atom stereocenters. The summed E-state index contributed by atoms with van der Waals surface area (Å²) < 4.78 is 49.5. The molecule has 1 spiro atoms. The zero-order chi connectivity index (χ0) is 50.8. The number of H-pyrrole nitrogens is 1. The highest BCUT2D eigenvalue weighted by Gasteiger charge is 2.55. The molecule has 73 heavy (non-hydrogen) atoms. The summed E-state index contributed by atoms with van der Waals surface area (Å²) in [5.74, 6) is 0.611. The minimum Gasteiger partial charge on any atom is -0.470 e. The number of nitro benzene ring substituents is 1. The second kappa shape index (κ2) is 19.5. The van der Waals surface area contributed by atoms with E-state index in [0.717, 1.165) is 75.5 Å². The van der Waals surface area contributed by atoms with Crippen molar-refractivity contribution in [1.29, 1.82) is 0 Å². The number of hydrogen-bond donors (Lipinski definition) is 4. The van der Waals surface area contributed by atoms with E-state index in [1.165, 1.54) is 23.3 Å². The van der Waals surface area contributed by atoms with Gasteiger partial charge in [0.25, 0.3) is 21.6 Å². The summed E-state index contributed by atoms with van der Waals surface area (Å²) in [4.78, 5) is 41.3. The molecular weight excluding hydrogens is 949 g/mol. The van der Waals surface area contributed by atoms with Crippen molar-refractivity contribution >= 4 is 55.4 Å². The normalized spacial score (nSPS) is 27.2. The molecule has 2 aliphatic carbocycles.